The minimum absolute atomic E-state index is 0.117. The second-order valence-electron chi connectivity index (χ2n) is 6.47. The lowest BCUT2D eigenvalue weighted by molar-refractivity contribution is -0.152. The van der Waals surface area contributed by atoms with E-state index in [1.165, 1.54) is 0 Å². The van der Waals surface area contributed by atoms with E-state index in [0.717, 1.165) is 12.8 Å². The maximum absolute atomic E-state index is 12.6. The van der Waals surface area contributed by atoms with Crippen LogP contribution >= 0.6 is 0 Å². The number of aliphatic carboxylic acids is 1. The van der Waals surface area contributed by atoms with Crippen molar-refractivity contribution in [3.8, 4) is 0 Å². The highest BCUT2D eigenvalue weighted by Gasteiger charge is 2.43. The fraction of sp³-hybridized carbons (Fsp3) is 0.688. The Bertz CT molecular complexity index is 549. The van der Waals surface area contributed by atoms with Gasteiger partial charge in [0.2, 0.25) is 0 Å². The third-order valence-electron chi connectivity index (χ3n) is 4.42. The van der Waals surface area contributed by atoms with Gasteiger partial charge < -0.3 is 10.0 Å². The number of carbonyl (C=O) groups excluding carboxylic acids is 1. The van der Waals surface area contributed by atoms with Gasteiger partial charge in [-0.05, 0) is 33.1 Å². The Kier molecular flexibility index (Phi) is 4.88. The smallest absolute Gasteiger partial charge is 0.311 e. The predicted octanol–water partition coefficient (Wildman–Crippen LogP) is 2.57. The number of amides is 1. The normalized spacial score (nSPS) is 22.1. The lowest BCUT2D eigenvalue weighted by Crippen LogP contribution is -2.49. The van der Waals surface area contributed by atoms with Crippen LogP contribution in [0.15, 0.2) is 12.4 Å². The summed E-state index contributed by atoms with van der Waals surface area (Å²) < 4.78 is 1.74. The quantitative estimate of drug-likeness (QED) is 0.907. The summed E-state index contributed by atoms with van der Waals surface area (Å²) in [5.41, 5.74) is -0.261. The van der Waals surface area contributed by atoms with Crippen LogP contribution in [0.5, 0.6) is 0 Å². The molecule has 0 spiro atoms. The first-order valence-electron chi connectivity index (χ1n) is 7.96. The number of hydrogen-bond donors (Lipinski definition) is 1. The Labute approximate surface area is 131 Å². The number of likely N-dealkylation sites (tertiary alicyclic amines) is 1. The minimum Gasteiger partial charge on any atom is -0.481 e. The second kappa shape index (κ2) is 6.50. The highest BCUT2D eigenvalue weighted by atomic mass is 16.4. The first-order valence-corrected chi connectivity index (χ1v) is 7.96. The molecule has 6 heteroatoms. The van der Waals surface area contributed by atoms with Gasteiger partial charge in [0.1, 0.15) is 0 Å². The molecule has 1 aliphatic rings. The average molecular weight is 307 g/mol. The summed E-state index contributed by atoms with van der Waals surface area (Å²) in [5, 5.41) is 13.8. The molecule has 6 nitrogen and oxygen atoms in total. The van der Waals surface area contributed by atoms with E-state index in [-0.39, 0.29) is 11.9 Å². The standard InChI is InChI=1S/C16H25N3O3/c1-4-6-16(15(21)22)7-5-8-18(11-16)14(20)13-9-17-19(10-13)12(2)3/h9-10,12H,4-8,11H2,1-3H3,(H,21,22)/t16-/m0/s1. The van der Waals surface area contributed by atoms with Crippen molar-refractivity contribution in [1.29, 1.82) is 0 Å². The molecule has 1 amide bonds. The van der Waals surface area contributed by atoms with E-state index in [1.807, 2.05) is 20.8 Å². The van der Waals surface area contributed by atoms with Gasteiger partial charge in [-0.15, -0.1) is 0 Å². The zero-order valence-corrected chi connectivity index (χ0v) is 13.6. The van der Waals surface area contributed by atoms with Gasteiger partial charge in [0.25, 0.3) is 5.91 Å². The first kappa shape index (κ1) is 16.5. The first-order chi connectivity index (χ1) is 10.4. The third-order valence-corrected chi connectivity index (χ3v) is 4.42. The van der Waals surface area contributed by atoms with Crippen LogP contribution < -0.4 is 0 Å². The van der Waals surface area contributed by atoms with Crippen LogP contribution in [0.25, 0.3) is 0 Å². The molecule has 1 fully saturated rings. The van der Waals surface area contributed by atoms with Crippen molar-refractivity contribution >= 4 is 11.9 Å². The fourth-order valence-corrected chi connectivity index (χ4v) is 3.18. The van der Waals surface area contributed by atoms with Crippen molar-refractivity contribution in [2.75, 3.05) is 13.1 Å². The Morgan fingerprint density at radius 1 is 1.45 bits per heavy atom. The van der Waals surface area contributed by atoms with Crippen molar-refractivity contribution in [3.63, 3.8) is 0 Å². The van der Waals surface area contributed by atoms with Crippen LogP contribution in [0.1, 0.15) is 62.9 Å². The molecule has 2 rings (SSSR count). The van der Waals surface area contributed by atoms with Crippen LogP contribution in [-0.4, -0.2) is 44.8 Å². The van der Waals surface area contributed by atoms with Crippen LogP contribution in [0, 0.1) is 5.41 Å². The van der Waals surface area contributed by atoms with Crippen molar-refractivity contribution in [1.82, 2.24) is 14.7 Å². The number of carbonyl (C=O) groups is 2. The van der Waals surface area contributed by atoms with Gasteiger partial charge >= 0.3 is 5.97 Å². The van der Waals surface area contributed by atoms with E-state index in [4.69, 9.17) is 0 Å². The zero-order chi connectivity index (χ0) is 16.3. The number of carboxylic acid groups (broad SMARTS) is 1. The largest absolute Gasteiger partial charge is 0.481 e. The molecule has 2 heterocycles. The van der Waals surface area contributed by atoms with E-state index in [0.29, 0.717) is 31.5 Å². The maximum atomic E-state index is 12.6. The maximum Gasteiger partial charge on any atom is 0.311 e. The molecule has 1 aliphatic heterocycles. The molecular formula is C16H25N3O3. The van der Waals surface area contributed by atoms with Gasteiger partial charge in [-0.25, -0.2) is 0 Å². The molecule has 0 aromatic carbocycles. The van der Waals surface area contributed by atoms with Gasteiger partial charge in [-0.2, -0.15) is 5.10 Å². The average Bonchev–Trinajstić information content (AvgIpc) is 2.97. The van der Waals surface area contributed by atoms with Crippen molar-refractivity contribution in [3.05, 3.63) is 18.0 Å². The molecule has 1 atom stereocenters. The second-order valence-corrected chi connectivity index (χ2v) is 6.47. The Morgan fingerprint density at radius 3 is 2.73 bits per heavy atom. The number of nitrogens with zero attached hydrogens (tertiary/aromatic N) is 3. The third kappa shape index (κ3) is 3.15. The van der Waals surface area contributed by atoms with Gasteiger partial charge in [0.15, 0.2) is 0 Å². The van der Waals surface area contributed by atoms with Gasteiger partial charge in [0.05, 0.1) is 17.2 Å². The van der Waals surface area contributed by atoms with Gasteiger partial charge in [0, 0.05) is 25.3 Å². The van der Waals surface area contributed by atoms with E-state index in [1.54, 1.807) is 22.0 Å². The summed E-state index contributed by atoms with van der Waals surface area (Å²) in [6.45, 7) is 6.89. The van der Waals surface area contributed by atoms with Crippen LogP contribution in [0.3, 0.4) is 0 Å². The monoisotopic (exact) mass is 307 g/mol. The molecule has 1 N–H and O–H groups in total. The SMILES string of the molecule is CCC[C@]1(C(=O)O)CCCN(C(=O)c2cnn(C(C)C)c2)C1. The molecule has 1 saturated heterocycles. The highest BCUT2D eigenvalue weighted by Crippen LogP contribution is 2.35. The summed E-state index contributed by atoms with van der Waals surface area (Å²) >= 11 is 0. The number of hydrogen-bond acceptors (Lipinski definition) is 3. The topological polar surface area (TPSA) is 75.4 Å². The molecular weight excluding hydrogens is 282 g/mol. The molecule has 0 unspecified atom stereocenters. The summed E-state index contributed by atoms with van der Waals surface area (Å²) in [7, 11) is 0. The van der Waals surface area contributed by atoms with E-state index in [9.17, 15) is 14.7 Å². The summed E-state index contributed by atoms with van der Waals surface area (Å²) in [6, 6.07) is 0.195. The van der Waals surface area contributed by atoms with Crippen molar-refractivity contribution < 1.29 is 14.7 Å². The molecule has 1 aromatic heterocycles. The van der Waals surface area contributed by atoms with Gasteiger partial charge in [-0.1, -0.05) is 13.3 Å². The molecule has 122 valence electrons. The molecule has 0 radical (unpaired) electrons. The lowest BCUT2D eigenvalue weighted by Gasteiger charge is -2.39. The van der Waals surface area contributed by atoms with Crippen molar-refractivity contribution in [2.24, 2.45) is 5.41 Å². The summed E-state index contributed by atoms with van der Waals surface area (Å²) in [6.07, 6.45) is 6.10. The Balaban J connectivity index is 2.17. The minimum atomic E-state index is -0.795. The number of aromatic nitrogens is 2. The lowest BCUT2D eigenvalue weighted by atomic mass is 9.76. The summed E-state index contributed by atoms with van der Waals surface area (Å²) in [4.78, 5) is 26.0. The highest BCUT2D eigenvalue weighted by molar-refractivity contribution is 5.94. The predicted molar refractivity (Wildman–Crippen MR) is 82.7 cm³/mol. The number of rotatable bonds is 5. The van der Waals surface area contributed by atoms with Crippen LogP contribution in [0.4, 0.5) is 0 Å². The van der Waals surface area contributed by atoms with E-state index < -0.39 is 11.4 Å². The van der Waals surface area contributed by atoms with E-state index in [2.05, 4.69) is 5.10 Å². The van der Waals surface area contributed by atoms with Crippen molar-refractivity contribution in [2.45, 2.75) is 52.5 Å². The molecule has 0 saturated carbocycles. The van der Waals surface area contributed by atoms with Gasteiger partial charge in [-0.3, -0.25) is 14.3 Å². The molecule has 22 heavy (non-hydrogen) atoms. The Hall–Kier alpha value is -1.85. The van der Waals surface area contributed by atoms with E-state index >= 15 is 0 Å². The molecule has 0 aliphatic carbocycles. The van der Waals surface area contributed by atoms with Crippen LogP contribution in [-0.2, 0) is 4.79 Å². The number of piperidine rings is 1. The van der Waals surface area contributed by atoms with Crippen LogP contribution in [0.2, 0.25) is 0 Å². The Morgan fingerprint density at radius 2 is 2.18 bits per heavy atom. The fourth-order valence-electron chi connectivity index (χ4n) is 3.18. The number of carboxylic acids is 1. The summed E-state index contributed by atoms with van der Waals surface area (Å²) in [5.74, 6) is -0.905. The molecule has 0 bridgehead atoms. The molecule has 1 aromatic rings. The zero-order valence-electron chi connectivity index (χ0n) is 13.6.